The molecule has 0 fully saturated rings. The van der Waals surface area contributed by atoms with Gasteiger partial charge in [-0.1, -0.05) is 0 Å². The van der Waals surface area contributed by atoms with E-state index in [1.54, 1.807) is 11.3 Å². The fraction of sp³-hybridized carbons (Fsp3) is 0.250. The molecular formula is C12H11NOS. The highest BCUT2D eigenvalue weighted by Crippen LogP contribution is 2.33. The van der Waals surface area contributed by atoms with E-state index in [1.165, 1.54) is 10.3 Å². The molecule has 0 saturated carbocycles. The molecule has 0 aliphatic heterocycles. The Morgan fingerprint density at radius 1 is 1.20 bits per heavy atom. The van der Waals surface area contributed by atoms with E-state index in [1.807, 2.05) is 13.8 Å². The summed E-state index contributed by atoms with van der Waals surface area (Å²) in [7, 11) is 0. The minimum absolute atomic E-state index is 0.950. The van der Waals surface area contributed by atoms with Gasteiger partial charge in [0.2, 0.25) is 0 Å². The molecule has 0 unspecified atom stereocenters. The number of rotatable bonds is 0. The molecule has 2 nitrogen and oxygen atoms in total. The molecule has 3 aromatic rings. The Kier molecular flexibility index (Phi) is 1.68. The van der Waals surface area contributed by atoms with Gasteiger partial charge >= 0.3 is 0 Å². The largest absolute Gasteiger partial charge is 0.461 e. The summed E-state index contributed by atoms with van der Waals surface area (Å²) in [5.41, 5.74) is 3.24. The first-order chi connectivity index (χ1) is 7.15. The van der Waals surface area contributed by atoms with Crippen molar-refractivity contribution in [2.24, 2.45) is 0 Å². The van der Waals surface area contributed by atoms with E-state index >= 15 is 0 Å². The van der Waals surface area contributed by atoms with Gasteiger partial charge < -0.3 is 4.42 Å². The van der Waals surface area contributed by atoms with Crippen molar-refractivity contribution in [3.8, 4) is 0 Å². The molecule has 0 bridgehead atoms. The smallest absolute Gasteiger partial charge is 0.139 e. The van der Waals surface area contributed by atoms with Crippen molar-refractivity contribution in [1.82, 2.24) is 4.98 Å². The van der Waals surface area contributed by atoms with Crippen LogP contribution in [-0.4, -0.2) is 4.98 Å². The number of thiazole rings is 1. The molecule has 76 valence electrons. The first kappa shape index (κ1) is 8.92. The summed E-state index contributed by atoms with van der Waals surface area (Å²) in [6.45, 7) is 6.10. The van der Waals surface area contributed by atoms with Gasteiger partial charge in [-0.3, -0.25) is 0 Å². The maximum absolute atomic E-state index is 5.68. The molecule has 2 heterocycles. The predicted octanol–water partition coefficient (Wildman–Crippen LogP) is 3.97. The van der Waals surface area contributed by atoms with Gasteiger partial charge in [0.25, 0.3) is 0 Å². The van der Waals surface area contributed by atoms with E-state index < -0.39 is 0 Å². The van der Waals surface area contributed by atoms with Crippen LogP contribution in [0, 0.1) is 20.8 Å². The SMILES string of the molecule is Cc1cc2c(o1)c(C)cc1sc(C)nc12. The number of aryl methyl sites for hydroxylation is 3. The van der Waals surface area contributed by atoms with Crippen LogP contribution in [0.3, 0.4) is 0 Å². The zero-order valence-corrected chi connectivity index (χ0v) is 9.73. The normalized spacial score (nSPS) is 11.7. The summed E-state index contributed by atoms with van der Waals surface area (Å²) in [4.78, 5) is 4.55. The second-order valence-electron chi connectivity index (χ2n) is 3.87. The average molecular weight is 217 g/mol. The van der Waals surface area contributed by atoms with Crippen molar-refractivity contribution < 1.29 is 4.42 Å². The summed E-state index contributed by atoms with van der Waals surface area (Å²) >= 11 is 1.74. The summed E-state index contributed by atoms with van der Waals surface area (Å²) in [5, 5.41) is 2.25. The molecule has 1 aromatic carbocycles. The van der Waals surface area contributed by atoms with Gasteiger partial charge in [-0.15, -0.1) is 11.3 Å². The fourth-order valence-electron chi connectivity index (χ4n) is 1.98. The molecule has 0 atom stereocenters. The Labute approximate surface area is 91.5 Å². The van der Waals surface area contributed by atoms with E-state index in [0.717, 1.165) is 27.3 Å². The second-order valence-corrected chi connectivity index (χ2v) is 5.11. The lowest BCUT2D eigenvalue weighted by Crippen LogP contribution is -1.75. The van der Waals surface area contributed by atoms with Gasteiger partial charge in [0.1, 0.15) is 11.3 Å². The molecule has 0 aliphatic carbocycles. The van der Waals surface area contributed by atoms with Crippen LogP contribution < -0.4 is 0 Å². The van der Waals surface area contributed by atoms with Crippen molar-refractivity contribution in [1.29, 1.82) is 0 Å². The third kappa shape index (κ3) is 1.20. The first-order valence-corrected chi connectivity index (χ1v) is 5.73. The predicted molar refractivity (Wildman–Crippen MR) is 63.6 cm³/mol. The van der Waals surface area contributed by atoms with Gasteiger partial charge in [0, 0.05) is 5.39 Å². The van der Waals surface area contributed by atoms with Crippen LogP contribution in [0.1, 0.15) is 16.3 Å². The first-order valence-electron chi connectivity index (χ1n) is 4.92. The molecule has 0 N–H and O–H groups in total. The molecule has 0 saturated heterocycles. The molecule has 2 aromatic heterocycles. The lowest BCUT2D eigenvalue weighted by molar-refractivity contribution is 0.576. The van der Waals surface area contributed by atoms with Crippen LogP contribution in [0.15, 0.2) is 16.5 Å². The monoisotopic (exact) mass is 217 g/mol. The number of nitrogens with zero attached hydrogens (tertiary/aromatic N) is 1. The lowest BCUT2D eigenvalue weighted by Gasteiger charge is -1.94. The van der Waals surface area contributed by atoms with E-state index in [9.17, 15) is 0 Å². The quantitative estimate of drug-likeness (QED) is 0.569. The Morgan fingerprint density at radius 2 is 2.00 bits per heavy atom. The van der Waals surface area contributed by atoms with Crippen LogP contribution in [0.5, 0.6) is 0 Å². The van der Waals surface area contributed by atoms with E-state index in [4.69, 9.17) is 4.42 Å². The Balaban J connectivity index is 2.61. The summed E-state index contributed by atoms with van der Waals surface area (Å²) in [6.07, 6.45) is 0. The van der Waals surface area contributed by atoms with Gasteiger partial charge in [-0.05, 0) is 38.5 Å². The topological polar surface area (TPSA) is 26.0 Å². The molecule has 0 amide bonds. The fourth-order valence-corrected chi connectivity index (χ4v) is 2.92. The van der Waals surface area contributed by atoms with Crippen LogP contribution in [0.25, 0.3) is 21.2 Å². The van der Waals surface area contributed by atoms with Crippen molar-refractivity contribution in [2.75, 3.05) is 0 Å². The number of hydrogen-bond donors (Lipinski definition) is 0. The number of benzene rings is 1. The van der Waals surface area contributed by atoms with Crippen LogP contribution in [-0.2, 0) is 0 Å². The van der Waals surface area contributed by atoms with Crippen molar-refractivity contribution in [3.63, 3.8) is 0 Å². The van der Waals surface area contributed by atoms with Crippen LogP contribution in [0.4, 0.5) is 0 Å². The highest BCUT2D eigenvalue weighted by molar-refractivity contribution is 7.18. The molecule has 15 heavy (non-hydrogen) atoms. The third-order valence-electron chi connectivity index (χ3n) is 2.58. The summed E-state index contributed by atoms with van der Waals surface area (Å²) in [5.74, 6) is 0.950. The highest BCUT2D eigenvalue weighted by atomic mass is 32.1. The molecular weight excluding hydrogens is 206 g/mol. The average Bonchev–Trinajstić information content (AvgIpc) is 2.68. The second kappa shape index (κ2) is 2.83. The maximum atomic E-state index is 5.68. The molecule has 3 rings (SSSR count). The standard InChI is InChI=1S/C12H11NOS/c1-6-4-10-11(13-8(3)15-10)9-5-7(2)14-12(6)9/h4-5H,1-3H3. The van der Waals surface area contributed by atoms with Gasteiger partial charge in [-0.2, -0.15) is 0 Å². The number of furan rings is 1. The highest BCUT2D eigenvalue weighted by Gasteiger charge is 2.11. The number of hydrogen-bond acceptors (Lipinski definition) is 3. The lowest BCUT2D eigenvalue weighted by atomic mass is 10.1. The number of aromatic nitrogens is 1. The van der Waals surface area contributed by atoms with Gasteiger partial charge in [0.05, 0.1) is 15.2 Å². The number of fused-ring (bicyclic) bond motifs is 3. The molecule has 0 spiro atoms. The van der Waals surface area contributed by atoms with E-state index in [0.29, 0.717) is 0 Å². The minimum Gasteiger partial charge on any atom is -0.461 e. The Morgan fingerprint density at radius 3 is 2.80 bits per heavy atom. The van der Waals surface area contributed by atoms with Crippen molar-refractivity contribution in [2.45, 2.75) is 20.8 Å². The molecule has 0 aliphatic rings. The summed E-state index contributed by atoms with van der Waals surface area (Å²) < 4.78 is 6.93. The Bertz CT molecular complexity index is 663. The Hall–Kier alpha value is -1.35. The minimum atomic E-state index is 0.950. The maximum Gasteiger partial charge on any atom is 0.139 e. The van der Waals surface area contributed by atoms with Crippen LogP contribution in [0.2, 0.25) is 0 Å². The summed E-state index contributed by atoms with van der Waals surface area (Å²) in [6, 6.07) is 4.23. The van der Waals surface area contributed by atoms with E-state index in [2.05, 4.69) is 24.0 Å². The van der Waals surface area contributed by atoms with E-state index in [-0.39, 0.29) is 0 Å². The van der Waals surface area contributed by atoms with Crippen LogP contribution >= 0.6 is 11.3 Å². The van der Waals surface area contributed by atoms with Gasteiger partial charge in [-0.25, -0.2) is 4.98 Å². The third-order valence-corrected chi connectivity index (χ3v) is 3.49. The van der Waals surface area contributed by atoms with Crippen molar-refractivity contribution >= 4 is 32.5 Å². The van der Waals surface area contributed by atoms with Gasteiger partial charge in [0.15, 0.2) is 0 Å². The molecule has 0 radical (unpaired) electrons. The van der Waals surface area contributed by atoms with Crippen molar-refractivity contribution in [3.05, 3.63) is 28.5 Å². The zero-order valence-electron chi connectivity index (χ0n) is 8.92. The zero-order chi connectivity index (χ0) is 10.6. The molecule has 3 heteroatoms.